The Morgan fingerprint density at radius 1 is 1.37 bits per heavy atom. The number of carbonyl (C=O) groups excluding carboxylic acids is 2. The Morgan fingerprint density at radius 2 is 2.05 bits per heavy atom. The molecule has 1 aliphatic rings. The van der Waals surface area contributed by atoms with Crippen molar-refractivity contribution in [1.82, 2.24) is 4.90 Å². The highest BCUT2D eigenvalue weighted by Crippen LogP contribution is 2.22. The normalized spacial score (nSPS) is 23.5. The van der Waals surface area contributed by atoms with E-state index in [1.54, 1.807) is 0 Å². The van der Waals surface area contributed by atoms with Gasteiger partial charge in [0.2, 0.25) is 5.91 Å². The van der Waals surface area contributed by atoms with Gasteiger partial charge in [-0.15, -0.1) is 0 Å². The van der Waals surface area contributed by atoms with Gasteiger partial charge in [0.15, 0.2) is 0 Å². The zero-order chi connectivity index (χ0) is 14.4. The summed E-state index contributed by atoms with van der Waals surface area (Å²) < 4.78 is 4.64. The Kier molecular flexibility index (Phi) is 6.28. The topological polar surface area (TPSA) is 72.6 Å². The minimum atomic E-state index is -0.195. The summed E-state index contributed by atoms with van der Waals surface area (Å²) in [5.41, 5.74) is 6.01. The second-order valence-corrected chi connectivity index (χ2v) is 5.87. The van der Waals surface area contributed by atoms with Gasteiger partial charge in [0, 0.05) is 32.0 Å². The van der Waals surface area contributed by atoms with Gasteiger partial charge in [0.1, 0.15) is 0 Å². The number of rotatable bonds is 5. The molecule has 2 N–H and O–H groups in total. The SMILES string of the molecule is COC(=O)CCC1CC(N)CN(C(=O)CC(C)C)C1. The van der Waals surface area contributed by atoms with Crippen LogP contribution in [-0.4, -0.2) is 43.0 Å². The van der Waals surface area contributed by atoms with Gasteiger partial charge in [-0.3, -0.25) is 9.59 Å². The third-order valence-electron chi connectivity index (χ3n) is 3.49. The van der Waals surface area contributed by atoms with E-state index >= 15 is 0 Å². The predicted molar refractivity (Wildman–Crippen MR) is 73.4 cm³/mol. The molecule has 110 valence electrons. The molecular weight excluding hydrogens is 244 g/mol. The molecule has 0 spiro atoms. The maximum absolute atomic E-state index is 12.1. The number of hydrogen-bond donors (Lipinski definition) is 1. The lowest BCUT2D eigenvalue weighted by Crippen LogP contribution is -2.49. The Labute approximate surface area is 115 Å². The average molecular weight is 270 g/mol. The molecule has 1 rings (SSSR count). The molecule has 0 bridgehead atoms. The quantitative estimate of drug-likeness (QED) is 0.761. The van der Waals surface area contributed by atoms with Crippen LogP contribution in [0.25, 0.3) is 0 Å². The first-order valence-corrected chi connectivity index (χ1v) is 7.02. The largest absolute Gasteiger partial charge is 0.469 e. The molecule has 1 saturated heterocycles. The molecule has 5 nitrogen and oxygen atoms in total. The van der Waals surface area contributed by atoms with Crippen LogP contribution in [0.1, 0.15) is 39.5 Å². The number of esters is 1. The number of likely N-dealkylation sites (tertiary alicyclic amines) is 1. The summed E-state index contributed by atoms with van der Waals surface area (Å²) in [5, 5.41) is 0. The fraction of sp³-hybridized carbons (Fsp3) is 0.857. The number of hydrogen-bond acceptors (Lipinski definition) is 4. The van der Waals surface area contributed by atoms with Crippen molar-refractivity contribution in [3.05, 3.63) is 0 Å². The lowest BCUT2D eigenvalue weighted by Gasteiger charge is -2.36. The lowest BCUT2D eigenvalue weighted by atomic mass is 9.90. The molecule has 1 amide bonds. The minimum Gasteiger partial charge on any atom is -0.469 e. The van der Waals surface area contributed by atoms with E-state index in [4.69, 9.17) is 5.73 Å². The van der Waals surface area contributed by atoms with Gasteiger partial charge in [-0.25, -0.2) is 0 Å². The number of carbonyl (C=O) groups is 2. The van der Waals surface area contributed by atoms with Gasteiger partial charge < -0.3 is 15.4 Å². The average Bonchev–Trinajstić information content (AvgIpc) is 2.34. The Balaban J connectivity index is 2.47. The van der Waals surface area contributed by atoms with Crippen molar-refractivity contribution < 1.29 is 14.3 Å². The summed E-state index contributed by atoms with van der Waals surface area (Å²) >= 11 is 0. The second-order valence-electron chi connectivity index (χ2n) is 5.87. The fourth-order valence-corrected chi connectivity index (χ4v) is 2.56. The van der Waals surface area contributed by atoms with Crippen LogP contribution in [0, 0.1) is 11.8 Å². The molecule has 2 atom stereocenters. The predicted octanol–water partition coefficient (Wildman–Crippen LogP) is 1.16. The third-order valence-corrected chi connectivity index (χ3v) is 3.49. The molecule has 0 aromatic carbocycles. The molecular formula is C14H26N2O3. The highest BCUT2D eigenvalue weighted by atomic mass is 16.5. The van der Waals surface area contributed by atoms with E-state index in [2.05, 4.69) is 4.74 Å². The van der Waals surface area contributed by atoms with Crippen LogP contribution in [0.15, 0.2) is 0 Å². The maximum atomic E-state index is 12.1. The second kappa shape index (κ2) is 7.48. The summed E-state index contributed by atoms with van der Waals surface area (Å²) in [6.45, 7) is 5.43. The summed E-state index contributed by atoms with van der Waals surface area (Å²) in [7, 11) is 1.40. The van der Waals surface area contributed by atoms with Crippen LogP contribution in [0.3, 0.4) is 0 Å². The molecule has 0 saturated carbocycles. The van der Waals surface area contributed by atoms with E-state index in [1.165, 1.54) is 7.11 Å². The van der Waals surface area contributed by atoms with E-state index in [1.807, 2.05) is 18.7 Å². The first-order chi connectivity index (χ1) is 8.92. The molecule has 0 aromatic heterocycles. The van der Waals surface area contributed by atoms with E-state index in [0.717, 1.165) is 19.4 Å². The first-order valence-electron chi connectivity index (χ1n) is 7.02. The monoisotopic (exact) mass is 270 g/mol. The van der Waals surface area contributed by atoms with E-state index in [-0.39, 0.29) is 17.9 Å². The van der Waals surface area contributed by atoms with Gasteiger partial charge >= 0.3 is 5.97 Å². The van der Waals surface area contributed by atoms with Crippen LogP contribution in [0.4, 0.5) is 0 Å². The van der Waals surface area contributed by atoms with Crippen molar-refractivity contribution in [1.29, 1.82) is 0 Å². The summed E-state index contributed by atoms with van der Waals surface area (Å²) in [5.74, 6) is 0.644. The molecule has 0 aliphatic carbocycles. The molecule has 1 heterocycles. The van der Waals surface area contributed by atoms with Gasteiger partial charge in [-0.1, -0.05) is 13.8 Å². The molecule has 1 aliphatic heterocycles. The third kappa shape index (κ3) is 5.59. The fourth-order valence-electron chi connectivity index (χ4n) is 2.56. The number of piperidine rings is 1. The van der Waals surface area contributed by atoms with Gasteiger partial charge in [0.05, 0.1) is 7.11 Å². The van der Waals surface area contributed by atoms with Crippen LogP contribution < -0.4 is 5.73 Å². The van der Waals surface area contributed by atoms with Crippen molar-refractivity contribution in [2.75, 3.05) is 20.2 Å². The lowest BCUT2D eigenvalue weighted by molar-refractivity contribution is -0.141. The minimum absolute atomic E-state index is 0.0208. The number of nitrogens with zero attached hydrogens (tertiary/aromatic N) is 1. The van der Waals surface area contributed by atoms with E-state index < -0.39 is 0 Å². The molecule has 5 heteroatoms. The Morgan fingerprint density at radius 3 is 2.63 bits per heavy atom. The molecule has 0 radical (unpaired) electrons. The van der Waals surface area contributed by atoms with Gasteiger partial charge in [-0.2, -0.15) is 0 Å². The number of nitrogens with two attached hydrogens (primary N) is 1. The summed E-state index contributed by atoms with van der Waals surface area (Å²) in [6, 6.07) is 0.0208. The van der Waals surface area contributed by atoms with Gasteiger partial charge in [-0.05, 0) is 24.7 Å². The van der Waals surface area contributed by atoms with E-state index in [0.29, 0.717) is 31.2 Å². The molecule has 0 aromatic rings. The Bertz CT molecular complexity index is 318. The number of amides is 1. The highest BCUT2D eigenvalue weighted by Gasteiger charge is 2.28. The standard InChI is InChI=1S/C14H26N2O3/c1-10(2)6-13(17)16-8-11(7-12(15)9-16)4-5-14(18)19-3/h10-12H,4-9,15H2,1-3H3. The maximum Gasteiger partial charge on any atom is 0.305 e. The first kappa shape index (κ1) is 16.0. The van der Waals surface area contributed by atoms with Crippen LogP contribution in [-0.2, 0) is 14.3 Å². The highest BCUT2D eigenvalue weighted by molar-refractivity contribution is 5.76. The van der Waals surface area contributed by atoms with Crippen molar-refractivity contribution in [2.24, 2.45) is 17.6 Å². The number of methoxy groups -OCH3 is 1. The van der Waals surface area contributed by atoms with Crippen molar-refractivity contribution in [3.8, 4) is 0 Å². The van der Waals surface area contributed by atoms with Crippen LogP contribution in [0.5, 0.6) is 0 Å². The van der Waals surface area contributed by atoms with Crippen molar-refractivity contribution in [3.63, 3.8) is 0 Å². The van der Waals surface area contributed by atoms with Crippen LogP contribution >= 0.6 is 0 Å². The molecule has 1 fully saturated rings. The van der Waals surface area contributed by atoms with E-state index in [9.17, 15) is 9.59 Å². The zero-order valence-corrected chi connectivity index (χ0v) is 12.2. The number of ether oxygens (including phenoxy) is 1. The molecule has 19 heavy (non-hydrogen) atoms. The van der Waals surface area contributed by atoms with Gasteiger partial charge in [0.25, 0.3) is 0 Å². The summed E-state index contributed by atoms with van der Waals surface area (Å²) in [4.78, 5) is 25.1. The smallest absolute Gasteiger partial charge is 0.305 e. The Hall–Kier alpha value is -1.10. The van der Waals surface area contributed by atoms with Crippen molar-refractivity contribution in [2.45, 2.75) is 45.6 Å². The summed E-state index contributed by atoms with van der Waals surface area (Å²) in [6.07, 6.45) is 2.59. The van der Waals surface area contributed by atoms with Crippen LogP contribution in [0.2, 0.25) is 0 Å². The molecule has 2 unspecified atom stereocenters. The zero-order valence-electron chi connectivity index (χ0n) is 12.2. The van der Waals surface area contributed by atoms with Crippen molar-refractivity contribution >= 4 is 11.9 Å².